The largest absolute Gasteiger partial charge is 0.494 e. The van der Waals surface area contributed by atoms with Gasteiger partial charge in [-0.05, 0) is 43.9 Å². The van der Waals surface area contributed by atoms with Gasteiger partial charge < -0.3 is 4.74 Å². The third kappa shape index (κ3) is 6.02. The van der Waals surface area contributed by atoms with Gasteiger partial charge in [-0.25, -0.2) is 0 Å². The van der Waals surface area contributed by atoms with Gasteiger partial charge in [-0.2, -0.15) is 0 Å². The summed E-state index contributed by atoms with van der Waals surface area (Å²) < 4.78 is 5.41. The van der Waals surface area contributed by atoms with E-state index in [1.807, 2.05) is 19.1 Å². The average Bonchev–Trinajstić information content (AvgIpc) is 2.36. The molecule has 1 aromatic carbocycles. The first-order valence-electron chi connectivity index (χ1n) is 6.54. The van der Waals surface area contributed by atoms with Crippen LogP contribution in [0.4, 0.5) is 0 Å². The van der Waals surface area contributed by atoms with Crippen LogP contribution in [0, 0.1) is 11.8 Å². The molecule has 0 fully saturated rings. The highest BCUT2D eigenvalue weighted by molar-refractivity contribution is 5.27. The van der Waals surface area contributed by atoms with Crippen LogP contribution in [-0.4, -0.2) is 6.61 Å². The zero-order valence-electron chi connectivity index (χ0n) is 11.0. The van der Waals surface area contributed by atoms with Crippen LogP contribution < -0.4 is 4.74 Å². The van der Waals surface area contributed by atoms with Gasteiger partial charge >= 0.3 is 0 Å². The summed E-state index contributed by atoms with van der Waals surface area (Å²) in [6, 6.07) is 8.37. The van der Waals surface area contributed by atoms with Crippen molar-refractivity contribution >= 4 is 0 Å². The Morgan fingerprint density at radius 3 is 2.35 bits per heavy atom. The predicted molar refractivity (Wildman–Crippen MR) is 73.2 cm³/mol. The fourth-order valence-electron chi connectivity index (χ4n) is 1.60. The zero-order chi connectivity index (χ0) is 12.3. The van der Waals surface area contributed by atoms with Gasteiger partial charge in [0.05, 0.1) is 6.61 Å². The van der Waals surface area contributed by atoms with E-state index in [4.69, 9.17) is 4.74 Å². The van der Waals surface area contributed by atoms with E-state index in [0.717, 1.165) is 44.5 Å². The molecule has 0 aliphatic heterocycles. The lowest BCUT2D eigenvalue weighted by Gasteiger charge is -2.04. The Morgan fingerprint density at radius 2 is 1.71 bits per heavy atom. The normalized spacial score (nSPS) is 9.53. The molecule has 1 aromatic rings. The van der Waals surface area contributed by atoms with E-state index in [1.165, 1.54) is 5.56 Å². The van der Waals surface area contributed by atoms with Gasteiger partial charge in [0.2, 0.25) is 0 Å². The molecule has 0 heterocycles. The Balaban J connectivity index is 2.25. The second-order valence-corrected chi connectivity index (χ2v) is 4.03. The van der Waals surface area contributed by atoms with Gasteiger partial charge in [0.25, 0.3) is 0 Å². The van der Waals surface area contributed by atoms with Gasteiger partial charge in [0.15, 0.2) is 0 Å². The molecule has 17 heavy (non-hydrogen) atoms. The Morgan fingerprint density at radius 1 is 1.00 bits per heavy atom. The van der Waals surface area contributed by atoms with Crippen molar-refractivity contribution in [3.63, 3.8) is 0 Å². The molecule has 92 valence electrons. The summed E-state index contributed by atoms with van der Waals surface area (Å²) in [7, 11) is 0. The first-order chi connectivity index (χ1) is 8.36. The number of unbranched alkanes of at least 4 members (excludes halogenated alkanes) is 2. The minimum Gasteiger partial charge on any atom is -0.494 e. The lowest BCUT2D eigenvalue weighted by Crippen LogP contribution is -1.91. The molecule has 0 N–H and O–H groups in total. The van der Waals surface area contributed by atoms with Crippen LogP contribution in [0.25, 0.3) is 0 Å². The number of benzene rings is 1. The average molecular weight is 230 g/mol. The molecule has 0 aliphatic rings. The molecule has 0 saturated heterocycles. The molecular formula is C16H22O. The summed E-state index contributed by atoms with van der Waals surface area (Å²) in [6.45, 7) is 4.89. The van der Waals surface area contributed by atoms with Crippen LogP contribution in [-0.2, 0) is 6.42 Å². The van der Waals surface area contributed by atoms with E-state index >= 15 is 0 Å². The number of ether oxygens (including phenoxy) is 1. The SMILES string of the molecule is CCCC#CCCCc1ccc(OCC)cc1. The number of aryl methyl sites for hydroxylation is 1. The molecule has 0 amide bonds. The van der Waals surface area contributed by atoms with E-state index in [9.17, 15) is 0 Å². The number of rotatable bonds is 6. The quantitative estimate of drug-likeness (QED) is 0.525. The van der Waals surface area contributed by atoms with Crippen LogP contribution in [0.1, 0.15) is 45.1 Å². The maximum absolute atomic E-state index is 5.41. The molecule has 0 unspecified atom stereocenters. The molecule has 1 rings (SSSR count). The molecule has 1 heteroatoms. The van der Waals surface area contributed by atoms with Crippen molar-refractivity contribution in [3.05, 3.63) is 29.8 Å². The predicted octanol–water partition coefficient (Wildman–Crippen LogP) is 4.21. The van der Waals surface area contributed by atoms with Crippen molar-refractivity contribution < 1.29 is 4.74 Å². The van der Waals surface area contributed by atoms with E-state index in [1.54, 1.807) is 0 Å². The van der Waals surface area contributed by atoms with E-state index in [0.29, 0.717) is 0 Å². The Bertz CT molecular complexity index is 353. The second-order valence-electron chi connectivity index (χ2n) is 4.03. The van der Waals surface area contributed by atoms with E-state index in [2.05, 4.69) is 30.9 Å². The Kier molecular flexibility index (Phi) is 6.98. The molecule has 0 spiro atoms. The van der Waals surface area contributed by atoms with Crippen LogP contribution in [0.2, 0.25) is 0 Å². The van der Waals surface area contributed by atoms with Crippen molar-refractivity contribution in [1.29, 1.82) is 0 Å². The minimum atomic E-state index is 0.729. The first-order valence-corrected chi connectivity index (χ1v) is 6.54. The fraction of sp³-hybridized carbons (Fsp3) is 0.500. The molecule has 1 nitrogen and oxygen atoms in total. The first kappa shape index (κ1) is 13.6. The molecule has 0 radical (unpaired) electrons. The summed E-state index contributed by atoms with van der Waals surface area (Å²) in [6.07, 6.45) is 5.44. The Hall–Kier alpha value is -1.42. The van der Waals surface area contributed by atoms with E-state index < -0.39 is 0 Å². The van der Waals surface area contributed by atoms with Crippen molar-refractivity contribution in [3.8, 4) is 17.6 Å². The number of hydrogen-bond donors (Lipinski definition) is 0. The van der Waals surface area contributed by atoms with Crippen LogP contribution in [0.3, 0.4) is 0 Å². The summed E-state index contributed by atoms with van der Waals surface area (Å²) in [4.78, 5) is 0. The zero-order valence-corrected chi connectivity index (χ0v) is 11.0. The highest BCUT2D eigenvalue weighted by Gasteiger charge is 1.94. The van der Waals surface area contributed by atoms with Gasteiger partial charge in [-0.15, -0.1) is 11.8 Å². The van der Waals surface area contributed by atoms with Crippen LogP contribution >= 0.6 is 0 Å². The van der Waals surface area contributed by atoms with Crippen molar-refractivity contribution in [2.75, 3.05) is 6.61 Å². The summed E-state index contributed by atoms with van der Waals surface area (Å²) in [5.74, 6) is 7.35. The minimum absolute atomic E-state index is 0.729. The molecule has 0 aliphatic carbocycles. The summed E-state index contributed by atoms with van der Waals surface area (Å²) in [5, 5.41) is 0. The molecule has 0 bridgehead atoms. The fourth-order valence-corrected chi connectivity index (χ4v) is 1.60. The second kappa shape index (κ2) is 8.70. The van der Waals surface area contributed by atoms with Gasteiger partial charge in [0.1, 0.15) is 5.75 Å². The maximum atomic E-state index is 5.41. The van der Waals surface area contributed by atoms with Crippen molar-refractivity contribution in [2.24, 2.45) is 0 Å². The highest BCUT2D eigenvalue weighted by Crippen LogP contribution is 2.13. The van der Waals surface area contributed by atoms with E-state index in [-0.39, 0.29) is 0 Å². The number of hydrogen-bond acceptors (Lipinski definition) is 1. The van der Waals surface area contributed by atoms with Crippen molar-refractivity contribution in [2.45, 2.75) is 46.0 Å². The third-order valence-electron chi connectivity index (χ3n) is 2.50. The highest BCUT2D eigenvalue weighted by atomic mass is 16.5. The van der Waals surface area contributed by atoms with Gasteiger partial charge in [0, 0.05) is 12.8 Å². The lowest BCUT2D eigenvalue weighted by molar-refractivity contribution is 0.340. The van der Waals surface area contributed by atoms with Crippen molar-refractivity contribution in [1.82, 2.24) is 0 Å². The summed E-state index contributed by atoms with van der Waals surface area (Å²) in [5.41, 5.74) is 1.37. The molecular weight excluding hydrogens is 208 g/mol. The van der Waals surface area contributed by atoms with Gasteiger partial charge in [-0.1, -0.05) is 19.1 Å². The molecule has 0 saturated carbocycles. The van der Waals surface area contributed by atoms with Crippen LogP contribution in [0.15, 0.2) is 24.3 Å². The maximum Gasteiger partial charge on any atom is 0.119 e. The monoisotopic (exact) mass is 230 g/mol. The lowest BCUT2D eigenvalue weighted by atomic mass is 10.1. The topological polar surface area (TPSA) is 9.23 Å². The molecule has 0 atom stereocenters. The third-order valence-corrected chi connectivity index (χ3v) is 2.50. The van der Waals surface area contributed by atoms with Crippen LogP contribution in [0.5, 0.6) is 5.75 Å². The standard InChI is InChI=1S/C16H22O/c1-3-5-6-7-8-9-10-15-11-13-16(14-12-15)17-4-2/h11-14H,3-5,8-10H2,1-2H3. The smallest absolute Gasteiger partial charge is 0.119 e. The van der Waals surface area contributed by atoms with Gasteiger partial charge in [-0.3, -0.25) is 0 Å². The Labute approximate surface area is 105 Å². The molecule has 0 aromatic heterocycles. The summed E-state index contributed by atoms with van der Waals surface area (Å²) >= 11 is 0.